The van der Waals surface area contributed by atoms with Crippen molar-refractivity contribution >= 4 is 11.6 Å². The zero-order valence-electron chi connectivity index (χ0n) is 13.7. The third kappa shape index (κ3) is 3.99. The number of hydrogen-bond acceptors (Lipinski definition) is 5. The maximum absolute atomic E-state index is 14.4. The first-order valence-electron chi connectivity index (χ1n) is 7.89. The maximum atomic E-state index is 14.4. The number of benzene rings is 1. The second-order valence-electron chi connectivity index (χ2n) is 5.75. The minimum Gasteiger partial charge on any atom is -0.371 e. The molecule has 0 bridgehead atoms. The summed E-state index contributed by atoms with van der Waals surface area (Å²) in [6.45, 7) is 3.67. The lowest BCUT2D eigenvalue weighted by Gasteiger charge is -2.24. The number of aromatic nitrogens is 1. The number of nitriles is 1. The number of halogens is 1. The smallest absolute Gasteiger partial charge is 0.255 e. The number of anilines is 1. The van der Waals surface area contributed by atoms with Gasteiger partial charge in [-0.1, -0.05) is 6.07 Å². The molecule has 2 heterocycles. The lowest BCUT2D eigenvalue weighted by molar-refractivity contribution is 0.0275. The van der Waals surface area contributed by atoms with Gasteiger partial charge in [0.2, 0.25) is 0 Å². The van der Waals surface area contributed by atoms with Crippen LogP contribution in [0, 0.1) is 24.1 Å². The molecule has 2 N–H and O–H groups in total. The van der Waals surface area contributed by atoms with E-state index in [4.69, 9.17) is 10.00 Å². The molecule has 1 atom stereocenters. The van der Waals surface area contributed by atoms with Crippen molar-refractivity contribution in [3.63, 3.8) is 0 Å². The zero-order valence-corrected chi connectivity index (χ0v) is 13.7. The number of ether oxygens (including phenoxy) is 1. The van der Waals surface area contributed by atoms with E-state index in [0.29, 0.717) is 24.4 Å². The van der Waals surface area contributed by atoms with E-state index in [-0.39, 0.29) is 23.0 Å². The second kappa shape index (κ2) is 7.38. The van der Waals surface area contributed by atoms with E-state index in [2.05, 4.69) is 15.6 Å². The summed E-state index contributed by atoms with van der Waals surface area (Å²) in [6, 6.07) is 9.43. The van der Waals surface area contributed by atoms with E-state index in [0.717, 1.165) is 6.54 Å². The Morgan fingerprint density at radius 1 is 1.44 bits per heavy atom. The molecule has 1 aliphatic rings. The molecule has 2 aromatic rings. The molecule has 0 aliphatic carbocycles. The first-order valence-corrected chi connectivity index (χ1v) is 7.89. The Morgan fingerprint density at radius 2 is 2.28 bits per heavy atom. The molecule has 25 heavy (non-hydrogen) atoms. The van der Waals surface area contributed by atoms with Gasteiger partial charge in [-0.15, -0.1) is 0 Å². The highest BCUT2D eigenvalue weighted by atomic mass is 19.1. The van der Waals surface area contributed by atoms with Gasteiger partial charge >= 0.3 is 0 Å². The van der Waals surface area contributed by atoms with Crippen LogP contribution in [0.4, 0.5) is 10.1 Å². The minimum absolute atomic E-state index is 0.0745. The zero-order chi connectivity index (χ0) is 17.8. The normalized spacial score (nSPS) is 16.9. The average Bonchev–Trinajstić information content (AvgIpc) is 2.63. The number of carbonyl (C=O) groups excluding carboxylic acids is 1. The van der Waals surface area contributed by atoms with E-state index < -0.39 is 11.7 Å². The predicted octanol–water partition coefficient (Wildman–Crippen LogP) is 2.31. The maximum Gasteiger partial charge on any atom is 0.255 e. The fraction of sp³-hybridized carbons (Fsp3) is 0.278. The molecule has 3 rings (SSSR count). The molecule has 1 amide bonds. The molecule has 1 aromatic heterocycles. The lowest BCUT2D eigenvalue weighted by atomic mass is 10.1. The summed E-state index contributed by atoms with van der Waals surface area (Å²) < 4.78 is 19.9. The number of nitrogens with zero attached hydrogens (tertiary/aromatic N) is 2. The standard InChI is InChI=1S/C18H17FN4O2/c1-11-6-13(7-14(9-20)22-11)18(24)23-16-3-2-12(8-15(16)19)17-10-21-4-5-25-17/h2-3,6-8,17,21H,4-5,10H2,1H3,(H,23,24). The lowest BCUT2D eigenvalue weighted by Crippen LogP contribution is -2.33. The fourth-order valence-corrected chi connectivity index (χ4v) is 2.66. The Labute approximate surface area is 144 Å². The van der Waals surface area contributed by atoms with Gasteiger partial charge < -0.3 is 15.4 Å². The molecule has 1 aliphatic heterocycles. The van der Waals surface area contributed by atoms with Gasteiger partial charge in [0, 0.05) is 24.3 Å². The van der Waals surface area contributed by atoms with Gasteiger partial charge in [-0.25, -0.2) is 9.37 Å². The summed E-state index contributed by atoms with van der Waals surface area (Å²) in [5.74, 6) is -1.03. The summed E-state index contributed by atoms with van der Waals surface area (Å²) >= 11 is 0. The van der Waals surface area contributed by atoms with Crippen LogP contribution in [0.3, 0.4) is 0 Å². The summed E-state index contributed by atoms with van der Waals surface area (Å²) in [5, 5.41) is 14.7. The van der Waals surface area contributed by atoms with Crippen molar-refractivity contribution < 1.29 is 13.9 Å². The van der Waals surface area contributed by atoms with Gasteiger partial charge in [0.15, 0.2) is 0 Å². The molecular weight excluding hydrogens is 323 g/mol. The number of rotatable bonds is 3. The van der Waals surface area contributed by atoms with Crippen LogP contribution >= 0.6 is 0 Å². The minimum atomic E-state index is -0.536. The Bertz CT molecular complexity index is 841. The van der Waals surface area contributed by atoms with Crippen LogP contribution in [0.2, 0.25) is 0 Å². The van der Waals surface area contributed by atoms with Gasteiger partial charge in [0.05, 0.1) is 18.4 Å². The van der Waals surface area contributed by atoms with Crippen molar-refractivity contribution in [3.05, 3.63) is 58.7 Å². The van der Waals surface area contributed by atoms with Gasteiger partial charge in [0.25, 0.3) is 5.91 Å². The van der Waals surface area contributed by atoms with Crippen molar-refractivity contribution in [2.45, 2.75) is 13.0 Å². The summed E-state index contributed by atoms with van der Waals surface area (Å²) in [6.07, 6.45) is -0.200. The topological polar surface area (TPSA) is 87.0 Å². The highest BCUT2D eigenvalue weighted by Gasteiger charge is 2.18. The number of pyridine rings is 1. The Kier molecular flexibility index (Phi) is 5.03. The van der Waals surface area contributed by atoms with Crippen molar-refractivity contribution in [3.8, 4) is 6.07 Å². The van der Waals surface area contributed by atoms with Crippen molar-refractivity contribution in [2.75, 3.05) is 25.0 Å². The Hall–Kier alpha value is -2.82. The molecule has 1 aromatic carbocycles. The fourth-order valence-electron chi connectivity index (χ4n) is 2.66. The molecule has 0 saturated carbocycles. The molecule has 0 radical (unpaired) electrons. The van der Waals surface area contributed by atoms with Crippen molar-refractivity contribution in [2.24, 2.45) is 0 Å². The molecule has 0 spiro atoms. The van der Waals surface area contributed by atoms with E-state index in [1.165, 1.54) is 18.2 Å². The van der Waals surface area contributed by atoms with Gasteiger partial charge in [-0.05, 0) is 36.8 Å². The molecule has 1 unspecified atom stereocenters. The monoisotopic (exact) mass is 340 g/mol. The van der Waals surface area contributed by atoms with Crippen LogP contribution in [0.1, 0.15) is 33.4 Å². The number of morpholine rings is 1. The quantitative estimate of drug-likeness (QED) is 0.895. The van der Waals surface area contributed by atoms with Crippen LogP contribution in [0.15, 0.2) is 30.3 Å². The highest BCUT2D eigenvalue weighted by Crippen LogP contribution is 2.24. The van der Waals surface area contributed by atoms with E-state index in [1.807, 2.05) is 6.07 Å². The van der Waals surface area contributed by atoms with Gasteiger partial charge in [-0.2, -0.15) is 5.26 Å². The van der Waals surface area contributed by atoms with Crippen LogP contribution in [0.5, 0.6) is 0 Å². The summed E-state index contributed by atoms with van der Waals surface area (Å²) in [4.78, 5) is 16.3. The second-order valence-corrected chi connectivity index (χ2v) is 5.75. The first-order chi connectivity index (χ1) is 12.1. The highest BCUT2D eigenvalue weighted by molar-refractivity contribution is 6.04. The number of nitrogens with one attached hydrogen (secondary N) is 2. The van der Waals surface area contributed by atoms with Crippen LogP contribution in [0.25, 0.3) is 0 Å². The van der Waals surface area contributed by atoms with Crippen LogP contribution in [-0.2, 0) is 4.74 Å². The van der Waals surface area contributed by atoms with Crippen LogP contribution < -0.4 is 10.6 Å². The molecule has 1 saturated heterocycles. The van der Waals surface area contributed by atoms with E-state index in [9.17, 15) is 9.18 Å². The third-order valence-corrected chi connectivity index (χ3v) is 3.87. The first kappa shape index (κ1) is 17.0. The average molecular weight is 340 g/mol. The third-order valence-electron chi connectivity index (χ3n) is 3.87. The summed E-state index contributed by atoms with van der Waals surface area (Å²) in [5.41, 5.74) is 1.73. The summed E-state index contributed by atoms with van der Waals surface area (Å²) in [7, 11) is 0. The Balaban J connectivity index is 1.77. The number of amides is 1. The van der Waals surface area contributed by atoms with E-state index >= 15 is 0 Å². The van der Waals surface area contributed by atoms with Crippen molar-refractivity contribution in [1.29, 1.82) is 5.26 Å². The largest absolute Gasteiger partial charge is 0.371 e. The molecule has 6 nitrogen and oxygen atoms in total. The molecule has 1 fully saturated rings. The SMILES string of the molecule is Cc1cc(C(=O)Nc2ccc(C3CNCCO3)cc2F)cc(C#N)n1. The predicted molar refractivity (Wildman–Crippen MR) is 89.6 cm³/mol. The molecule has 128 valence electrons. The molecular formula is C18H17FN4O2. The van der Waals surface area contributed by atoms with Crippen molar-refractivity contribution in [1.82, 2.24) is 10.3 Å². The number of hydrogen-bond donors (Lipinski definition) is 2. The van der Waals surface area contributed by atoms with E-state index in [1.54, 1.807) is 19.1 Å². The Morgan fingerprint density at radius 3 is 2.96 bits per heavy atom. The van der Waals surface area contributed by atoms with Gasteiger partial charge in [0.1, 0.15) is 17.6 Å². The van der Waals surface area contributed by atoms with Crippen LogP contribution in [-0.4, -0.2) is 30.6 Å². The number of carbonyl (C=O) groups is 1. The number of aryl methyl sites for hydroxylation is 1. The molecule has 7 heteroatoms. The van der Waals surface area contributed by atoms with Gasteiger partial charge in [-0.3, -0.25) is 4.79 Å².